The predicted molar refractivity (Wildman–Crippen MR) is 75.2 cm³/mol. The summed E-state index contributed by atoms with van der Waals surface area (Å²) in [6, 6.07) is 13.2. The molecule has 1 aromatic heterocycles. The first-order chi connectivity index (χ1) is 9.70. The average molecular weight is 276 g/mol. The molecule has 0 aliphatic carbocycles. The second kappa shape index (κ2) is 7.24. The third-order valence-corrected chi connectivity index (χ3v) is 3.09. The van der Waals surface area contributed by atoms with Gasteiger partial charge in [-0.15, -0.1) is 0 Å². The molecule has 0 spiro atoms. The van der Waals surface area contributed by atoms with Crippen LogP contribution in [0.5, 0.6) is 0 Å². The molecule has 0 unspecified atom stereocenters. The molecule has 20 heavy (non-hydrogen) atoms. The average Bonchev–Trinajstić information content (AvgIpc) is 2.96. The Hall–Kier alpha value is -1.62. The van der Waals surface area contributed by atoms with E-state index < -0.39 is 12.2 Å². The Morgan fingerprint density at radius 1 is 1.10 bits per heavy atom. The van der Waals surface area contributed by atoms with Gasteiger partial charge in [-0.25, -0.2) is 0 Å². The lowest BCUT2D eigenvalue weighted by Gasteiger charge is -2.16. The first-order valence-electron chi connectivity index (χ1n) is 6.77. The summed E-state index contributed by atoms with van der Waals surface area (Å²) >= 11 is 0. The summed E-state index contributed by atoms with van der Waals surface area (Å²) in [5, 5.41) is 19.9. The molecule has 0 fully saturated rings. The molecule has 0 saturated heterocycles. The van der Waals surface area contributed by atoms with Crippen LogP contribution in [-0.4, -0.2) is 22.9 Å². The molecule has 1 heterocycles. The minimum absolute atomic E-state index is 0.0538. The largest absolute Gasteiger partial charge is 0.463 e. The topological polar surface area (TPSA) is 62.8 Å². The van der Waals surface area contributed by atoms with Crippen LogP contribution in [0.4, 0.5) is 0 Å². The fourth-order valence-electron chi connectivity index (χ4n) is 1.90. The van der Waals surface area contributed by atoms with Crippen molar-refractivity contribution in [3.8, 4) is 0 Å². The van der Waals surface area contributed by atoms with Gasteiger partial charge in [-0.1, -0.05) is 37.3 Å². The lowest BCUT2D eigenvalue weighted by molar-refractivity contribution is -0.0510. The fraction of sp³-hybridized carbons (Fsp3) is 0.375. The molecular formula is C16H20O4. The highest BCUT2D eigenvalue weighted by atomic mass is 16.5. The summed E-state index contributed by atoms with van der Waals surface area (Å²) in [6.07, 6.45) is -1.31. The smallest absolute Gasteiger partial charge is 0.140 e. The van der Waals surface area contributed by atoms with Crippen molar-refractivity contribution in [1.82, 2.24) is 0 Å². The molecular weight excluding hydrogens is 256 g/mol. The van der Waals surface area contributed by atoms with Crippen LogP contribution in [0.15, 0.2) is 46.9 Å². The molecule has 0 bridgehead atoms. The molecule has 4 heteroatoms. The van der Waals surface area contributed by atoms with Gasteiger partial charge in [0.15, 0.2) is 0 Å². The number of furan rings is 1. The number of benzene rings is 1. The second-order valence-corrected chi connectivity index (χ2v) is 4.67. The van der Waals surface area contributed by atoms with Crippen molar-refractivity contribution >= 4 is 0 Å². The van der Waals surface area contributed by atoms with E-state index in [1.165, 1.54) is 0 Å². The molecule has 0 saturated carbocycles. The summed E-state index contributed by atoms with van der Waals surface area (Å²) in [5.41, 5.74) is 1.03. The summed E-state index contributed by atoms with van der Waals surface area (Å²) < 4.78 is 10.8. The van der Waals surface area contributed by atoms with Gasteiger partial charge in [-0.2, -0.15) is 0 Å². The van der Waals surface area contributed by atoms with Crippen molar-refractivity contribution in [2.45, 2.75) is 32.2 Å². The van der Waals surface area contributed by atoms with E-state index in [1.54, 1.807) is 12.1 Å². The maximum absolute atomic E-state index is 9.97. The van der Waals surface area contributed by atoms with Crippen LogP contribution >= 0.6 is 0 Å². The Balaban J connectivity index is 1.80. The number of rotatable bonds is 7. The van der Waals surface area contributed by atoms with Crippen molar-refractivity contribution in [3.63, 3.8) is 0 Å². The highest BCUT2D eigenvalue weighted by Crippen LogP contribution is 2.20. The molecule has 4 nitrogen and oxygen atoms in total. The number of aryl methyl sites for hydroxylation is 1. The molecule has 108 valence electrons. The molecule has 2 N–H and O–H groups in total. The van der Waals surface area contributed by atoms with Crippen LogP contribution in [0.3, 0.4) is 0 Å². The zero-order valence-electron chi connectivity index (χ0n) is 11.5. The maximum atomic E-state index is 9.97. The molecule has 0 radical (unpaired) electrons. The van der Waals surface area contributed by atoms with E-state index in [4.69, 9.17) is 9.15 Å². The van der Waals surface area contributed by atoms with Crippen LogP contribution in [0.25, 0.3) is 0 Å². The van der Waals surface area contributed by atoms with Gasteiger partial charge in [-0.05, 0) is 17.7 Å². The molecule has 0 aliphatic rings. The van der Waals surface area contributed by atoms with Gasteiger partial charge in [0, 0.05) is 6.42 Å². The highest BCUT2D eigenvalue weighted by molar-refractivity contribution is 5.13. The van der Waals surface area contributed by atoms with Gasteiger partial charge in [-0.3, -0.25) is 0 Å². The minimum Gasteiger partial charge on any atom is -0.463 e. The van der Waals surface area contributed by atoms with Gasteiger partial charge in [0.25, 0.3) is 0 Å². The van der Waals surface area contributed by atoms with Gasteiger partial charge in [0.05, 0.1) is 13.2 Å². The Kier molecular flexibility index (Phi) is 5.35. The van der Waals surface area contributed by atoms with E-state index in [0.717, 1.165) is 17.7 Å². The van der Waals surface area contributed by atoms with Gasteiger partial charge < -0.3 is 19.4 Å². The van der Waals surface area contributed by atoms with E-state index in [-0.39, 0.29) is 6.61 Å². The van der Waals surface area contributed by atoms with Crippen molar-refractivity contribution in [2.24, 2.45) is 0 Å². The first kappa shape index (κ1) is 14.8. The van der Waals surface area contributed by atoms with Crippen molar-refractivity contribution < 1.29 is 19.4 Å². The number of hydrogen-bond donors (Lipinski definition) is 2. The van der Waals surface area contributed by atoms with Crippen LogP contribution in [-0.2, 0) is 17.8 Å². The zero-order valence-corrected chi connectivity index (χ0v) is 11.5. The Morgan fingerprint density at radius 3 is 2.50 bits per heavy atom. The molecule has 2 rings (SSSR count). The lowest BCUT2D eigenvalue weighted by atomic mass is 10.1. The van der Waals surface area contributed by atoms with E-state index in [0.29, 0.717) is 12.4 Å². The third-order valence-electron chi connectivity index (χ3n) is 3.09. The van der Waals surface area contributed by atoms with Gasteiger partial charge >= 0.3 is 0 Å². The summed E-state index contributed by atoms with van der Waals surface area (Å²) in [4.78, 5) is 0. The third kappa shape index (κ3) is 3.93. The summed E-state index contributed by atoms with van der Waals surface area (Å²) in [7, 11) is 0. The number of ether oxygens (including phenoxy) is 1. The highest BCUT2D eigenvalue weighted by Gasteiger charge is 2.21. The van der Waals surface area contributed by atoms with Crippen molar-refractivity contribution in [2.75, 3.05) is 6.61 Å². The summed E-state index contributed by atoms with van der Waals surface area (Å²) in [5.74, 6) is 1.16. The van der Waals surface area contributed by atoms with Crippen LogP contribution in [0, 0.1) is 0 Å². The SMILES string of the molecule is CCc1ccc([C@H](O)[C@@H](O)COCc2ccccc2)o1. The van der Waals surface area contributed by atoms with Gasteiger partial charge in [0.1, 0.15) is 23.7 Å². The molecule has 2 atom stereocenters. The number of aliphatic hydroxyl groups excluding tert-OH is 2. The van der Waals surface area contributed by atoms with Gasteiger partial charge in [0.2, 0.25) is 0 Å². The maximum Gasteiger partial charge on any atom is 0.140 e. The van der Waals surface area contributed by atoms with E-state index in [2.05, 4.69) is 0 Å². The normalized spacial score (nSPS) is 14.2. The first-order valence-corrected chi connectivity index (χ1v) is 6.77. The molecule has 2 aromatic rings. The van der Waals surface area contributed by atoms with Crippen LogP contribution < -0.4 is 0 Å². The quantitative estimate of drug-likeness (QED) is 0.815. The molecule has 1 aromatic carbocycles. The Labute approximate surface area is 118 Å². The molecule has 0 aliphatic heterocycles. The minimum atomic E-state index is -1.06. The number of hydrogen-bond acceptors (Lipinski definition) is 4. The fourth-order valence-corrected chi connectivity index (χ4v) is 1.90. The lowest BCUT2D eigenvalue weighted by Crippen LogP contribution is -2.23. The van der Waals surface area contributed by atoms with E-state index >= 15 is 0 Å². The number of aliphatic hydroxyl groups is 2. The van der Waals surface area contributed by atoms with E-state index in [1.807, 2.05) is 37.3 Å². The molecule has 0 amide bonds. The monoisotopic (exact) mass is 276 g/mol. The zero-order chi connectivity index (χ0) is 14.4. The Bertz CT molecular complexity index is 506. The van der Waals surface area contributed by atoms with Crippen molar-refractivity contribution in [1.29, 1.82) is 0 Å². The van der Waals surface area contributed by atoms with Crippen molar-refractivity contribution in [3.05, 3.63) is 59.5 Å². The summed E-state index contributed by atoms with van der Waals surface area (Å²) in [6.45, 7) is 2.43. The second-order valence-electron chi connectivity index (χ2n) is 4.67. The Morgan fingerprint density at radius 2 is 1.85 bits per heavy atom. The van der Waals surface area contributed by atoms with Crippen LogP contribution in [0.2, 0.25) is 0 Å². The van der Waals surface area contributed by atoms with E-state index in [9.17, 15) is 10.2 Å². The van der Waals surface area contributed by atoms with Crippen LogP contribution in [0.1, 0.15) is 30.1 Å². The standard InChI is InChI=1S/C16H20O4/c1-2-13-8-9-15(20-13)16(18)14(17)11-19-10-12-6-4-3-5-7-12/h3-9,14,16-18H,2,10-11H2,1H3/t14-,16+/m0/s1. The predicted octanol–water partition coefficient (Wildman–Crippen LogP) is 2.45.